The summed E-state index contributed by atoms with van der Waals surface area (Å²) in [5, 5.41) is 3.19. The molecule has 0 unspecified atom stereocenters. The molecule has 24 heavy (non-hydrogen) atoms. The van der Waals surface area contributed by atoms with E-state index in [0.717, 1.165) is 0 Å². The second kappa shape index (κ2) is 6.35. The highest BCUT2D eigenvalue weighted by Gasteiger charge is 2.29. The van der Waals surface area contributed by atoms with Gasteiger partial charge in [-0.15, -0.1) is 11.3 Å². The molecular weight excluding hydrogens is 328 g/mol. The van der Waals surface area contributed by atoms with Crippen LogP contribution in [0.25, 0.3) is 10.2 Å². The number of thiophene rings is 1. The molecule has 0 atom stereocenters. The fourth-order valence-electron chi connectivity index (χ4n) is 3.11. The number of carbonyl (C=O) groups is 2. The maximum Gasteiger partial charge on any atom is 0.264 e. The first-order valence-electron chi connectivity index (χ1n) is 7.89. The zero-order valence-corrected chi connectivity index (χ0v) is 14.8. The molecule has 1 fully saturated rings. The summed E-state index contributed by atoms with van der Waals surface area (Å²) in [7, 11) is 3.28. The van der Waals surface area contributed by atoms with Crippen molar-refractivity contribution >= 4 is 33.4 Å². The van der Waals surface area contributed by atoms with Crippen LogP contribution in [0.15, 0.2) is 11.1 Å². The summed E-state index contributed by atoms with van der Waals surface area (Å²) in [6.45, 7) is 2.90. The molecule has 7 nitrogen and oxygen atoms in total. The Balaban J connectivity index is 1.85. The summed E-state index contributed by atoms with van der Waals surface area (Å²) < 4.78 is 1.42. The number of nitrogens with zero attached hydrogens (tertiary/aromatic N) is 3. The number of hydrogen-bond donors (Lipinski definition) is 1. The number of fused-ring (bicyclic) bond motifs is 1. The van der Waals surface area contributed by atoms with E-state index in [4.69, 9.17) is 0 Å². The molecule has 0 saturated carbocycles. The number of carbonyl (C=O) groups excluding carboxylic acids is 2. The molecule has 1 saturated heterocycles. The number of nitrogens with one attached hydrogen (secondary N) is 1. The summed E-state index contributed by atoms with van der Waals surface area (Å²) in [6, 6.07) is 0. The number of aryl methyl sites for hydroxylation is 2. The predicted molar refractivity (Wildman–Crippen MR) is 92.3 cm³/mol. The van der Waals surface area contributed by atoms with Crippen LogP contribution in [0, 0.1) is 12.8 Å². The lowest BCUT2D eigenvalue weighted by Crippen LogP contribution is -2.42. The van der Waals surface area contributed by atoms with E-state index in [1.807, 2.05) is 0 Å². The molecule has 0 aliphatic carbocycles. The van der Waals surface area contributed by atoms with Crippen molar-refractivity contribution in [2.75, 3.05) is 20.1 Å². The average Bonchev–Trinajstić information content (AvgIpc) is 2.94. The number of aromatic nitrogens is 2. The minimum absolute atomic E-state index is 0.0310. The van der Waals surface area contributed by atoms with E-state index >= 15 is 0 Å². The first-order chi connectivity index (χ1) is 11.4. The van der Waals surface area contributed by atoms with Crippen LogP contribution in [0.3, 0.4) is 0 Å². The minimum atomic E-state index is -0.133. The van der Waals surface area contributed by atoms with Gasteiger partial charge in [-0.1, -0.05) is 0 Å². The van der Waals surface area contributed by atoms with Crippen molar-refractivity contribution in [1.82, 2.24) is 19.8 Å². The molecule has 2 amide bonds. The molecule has 0 spiro atoms. The lowest BCUT2D eigenvalue weighted by molar-refractivity contribution is -0.125. The molecule has 1 aliphatic rings. The minimum Gasteiger partial charge on any atom is -0.359 e. The van der Waals surface area contributed by atoms with Gasteiger partial charge in [-0.3, -0.25) is 14.4 Å². The molecule has 3 heterocycles. The molecule has 3 rings (SSSR count). The smallest absolute Gasteiger partial charge is 0.264 e. The quantitative estimate of drug-likeness (QED) is 0.874. The van der Waals surface area contributed by atoms with E-state index < -0.39 is 0 Å². The Hall–Kier alpha value is -2.22. The highest BCUT2D eigenvalue weighted by atomic mass is 32.1. The zero-order chi connectivity index (χ0) is 17.4. The first kappa shape index (κ1) is 16.6. The molecule has 8 heteroatoms. The van der Waals surface area contributed by atoms with E-state index in [2.05, 4.69) is 10.3 Å². The largest absolute Gasteiger partial charge is 0.359 e. The van der Waals surface area contributed by atoms with Gasteiger partial charge in [-0.25, -0.2) is 4.98 Å². The number of hydrogen-bond acceptors (Lipinski definition) is 5. The number of likely N-dealkylation sites (tertiary alicyclic amines) is 1. The Morgan fingerprint density at radius 2 is 2.00 bits per heavy atom. The van der Waals surface area contributed by atoms with Gasteiger partial charge in [-0.05, 0) is 25.3 Å². The molecule has 2 aromatic heterocycles. The summed E-state index contributed by atoms with van der Waals surface area (Å²) in [6.07, 6.45) is 2.80. The number of rotatable bonds is 2. The maximum atomic E-state index is 12.8. The molecule has 2 aromatic rings. The first-order valence-corrected chi connectivity index (χ1v) is 8.71. The second-order valence-electron chi connectivity index (χ2n) is 6.08. The Bertz CT molecular complexity index is 862. The van der Waals surface area contributed by atoms with Crippen LogP contribution in [0.4, 0.5) is 0 Å². The van der Waals surface area contributed by atoms with Crippen LogP contribution in [-0.4, -0.2) is 46.4 Å². The predicted octanol–water partition coefficient (Wildman–Crippen LogP) is 0.902. The van der Waals surface area contributed by atoms with E-state index in [1.54, 1.807) is 25.9 Å². The van der Waals surface area contributed by atoms with Gasteiger partial charge >= 0.3 is 0 Å². The van der Waals surface area contributed by atoms with Gasteiger partial charge in [0.2, 0.25) is 5.91 Å². The van der Waals surface area contributed by atoms with Gasteiger partial charge in [0.25, 0.3) is 11.5 Å². The molecule has 1 aliphatic heterocycles. The highest BCUT2D eigenvalue weighted by Crippen LogP contribution is 2.29. The van der Waals surface area contributed by atoms with Crippen LogP contribution in [0.2, 0.25) is 0 Å². The summed E-state index contributed by atoms with van der Waals surface area (Å²) in [5.74, 6) is -0.0720. The third-order valence-electron chi connectivity index (χ3n) is 4.60. The zero-order valence-electron chi connectivity index (χ0n) is 14.0. The standard InChI is InChI=1S/C16H20N4O3S/c1-9-11-14(18-8-19(3)15(11)22)24-12(9)16(23)20-6-4-10(5-7-20)13(21)17-2/h8,10H,4-7H2,1-3H3,(H,17,21). The van der Waals surface area contributed by atoms with Gasteiger partial charge in [0.1, 0.15) is 4.83 Å². The Labute approximate surface area is 143 Å². The van der Waals surface area contributed by atoms with Crippen molar-refractivity contribution in [2.45, 2.75) is 19.8 Å². The Kier molecular flexibility index (Phi) is 4.40. The van der Waals surface area contributed by atoms with Crippen LogP contribution < -0.4 is 10.9 Å². The normalized spacial score (nSPS) is 15.7. The van der Waals surface area contributed by atoms with E-state index in [0.29, 0.717) is 46.6 Å². The van der Waals surface area contributed by atoms with Crippen molar-refractivity contribution < 1.29 is 9.59 Å². The van der Waals surface area contributed by atoms with Crippen LogP contribution in [0.5, 0.6) is 0 Å². The summed E-state index contributed by atoms with van der Waals surface area (Å²) in [4.78, 5) is 44.0. The molecular formula is C16H20N4O3S. The SMILES string of the molecule is CNC(=O)C1CCN(C(=O)c2sc3ncn(C)c(=O)c3c2C)CC1. The van der Waals surface area contributed by atoms with Crippen molar-refractivity contribution in [3.05, 3.63) is 27.1 Å². The van der Waals surface area contributed by atoms with Crippen molar-refractivity contribution in [1.29, 1.82) is 0 Å². The lowest BCUT2D eigenvalue weighted by Gasteiger charge is -2.31. The summed E-state index contributed by atoms with van der Waals surface area (Å²) in [5.41, 5.74) is 0.563. The van der Waals surface area contributed by atoms with Gasteiger partial charge in [0.15, 0.2) is 0 Å². The van der Waals surface area contributed by atoms with Crippen LogP contribution >= 0.6 is 11.3 Å². The van der Waals surface area contributed by atoms with Crippen molar-refractivity contribution in [3.8, 4) is 0 Å². The fraction of sp³-hybridized carbons (Fsp3) is 0.500. The van der Waals surface area contributed by atoms with E-state index in [9.17, 15) is 14.4 Å². The van der Waals surface area contributed by atoms with Gasteiger partial charge in [0.05, 0.1) is 16.6 Å². The lowest BCUT2D eigenvalue weighted by atomic mass is 9.96. The monoisotopic (exact) mass is 348 g/mol. The Morgan fingerprint density at radius 1 is 1.33 bits per heavy atom. The van der Waals surface area contributed by atoms with Crippen molar-refractivity contribution in [2.24, 2.45) is 13.0 Å². The summed E-state index contributed by atoms with van der Waals surface area (Å²) >= 11 is 1.27. The van der Waals surface area contributed by atoms with Crippen molar-refractivity contribution in [3.63, 3.8) is 0 Å². The van der Waals surface area contributed by atoms with Gasteiger partial charge < -0.3 is 14.8 Å². The van der Waals surface area contributed by atoms with Crippen LogP contribution in [-0.2, 0) is 11.8 Å². The third-order valence-corrected chi connectivity index (χ3v) is 5.79. The van der Waals surface area contributed by atoms with E-state index in [1.165, 1.54) is 22.2 Å². The van der Waals surface area contributed by atoms with Gasteiger partial charge in [0, 0.05) is 33.1 Å². The molecule has 1 N–H and O–H groups in total. The molecule has 0 aromatic carbocycles. The second-order valence-corrected chi connectivity index (χ2v) is 7.08. The molecule has 0 radical (unpaired) electrons. The number of amides is 2. The number of piperidine rings is 1. The van der Waals surface area contributed by atoms with Crippen LogP contribution in [0.1, 0.15) is 28.1 Å². The average molecular weight is 348 g/mol. The van der Waals surface area contributed by atoms with E-state index in [-0.39, 0.29) is 23.3 Å². The molecule has 128 valence electrons. The highest BCUT2D eigenvalue weighted by molar-refractivity contribution is 7.20. The molecule has 0 bridgehead atoms. The topological polar surface area (TPSA) is 84.3 Å². The van der Waals surface area contributed by atoms with Gasteiger partial charge in [-0.2, -0.15) is 0 Å². The fourth-order valence-corrected chi connectivity index (χ4v) is 4.21. The third kappa shape index (κ3) is 2.71. The maximum absolute atomic E-state index is 12.8. The Morgan fingerprint density at radius 3 is 2.62 bits per heavy atom.